The molecule has 1 aliphatic rings. The van der Waals surface area contributed by atoms with Crippen LogP contribution in [0.5, 0.6) is 0 Å². The molecule has 0 bridgehead atoms. The van der Waals surface area contributed by atoms with Crippen molar-refractivity contribution in [2.24, 2.45) is 10.9 Å². The van der Waals surface area contributed by atoms with Crippen molar-refractivity contribution < 1.29 is 4.79 Å². The molecule has 0 saturated carbocycles. The maximum Gasteiger partial charge on any atom is 0.224 e. The van der Waals surface area contributed by atoms with Crippen LogP contribution in [0.2, 0.25) is 0 Å². The number of amides is 1. The van der Waals surface area contributed by atoms with E-state index in [0.717, 1.165) is 54.4 Å². The van der Waals surface area contributed by atoms with Crippen LogP contribution in [0.25, 0.3) is 0 Å². The number of nitrogens with zero attached hydrogens (tertiary/aromatic N) is 4. The quantitative estimate of drug-likeness (QED) is 0.308. The highest BCUT2D eigenvalue weighted by atomic mass is 16.2. The highest BCUT2D eigenvalue weighted by molar-refractivity contribution is 5.99. The maximum atomic E-state index is 12.6. The van der Waals surface area contributed by atoms with Gasteiger partial charge in [0.2, 0.25) is 5.91 Å². The summed E-state index contributed by atoms with van der Waals surface area (Å²) < 4.78 is 0. The first-order chi connectivity index (χ1) is 18.8. The van der Waals surface area contributed by atoms with Crippen molar-refractivity contribution in [2.45, 2.75) is 68.5 Å². The van der Waals surface area contributed by atoms with Crippen molar-refractivity contribution in [1.29, 1.82) is 0 Å². The molecule has 216 valence electrons. The number of carbonyl (C=O) groups excluding carboxylic acids is 1. The SMILES string of the molecule is C/C=C/C.C=CC(C)CN(C)Cc1ccccc1N(Cc1ccc(C2=NCCN2C)cc1)C(C)=O.CC.CC. The molecule has 2 aromatic carbocycles. The summed E-state index contributed by atoms with van der Waals surface area (Å²) in [5.74, 6) is 1.50. The highest BCUT2D eigenvalue weighted by Gasteiger charge is 2.18. The summed E-state index contributed by atoms with van der Waals surface area (Å²) in [5.41, 5.74) is 4.34. The Balaban J connectivity index is 0.00000162. The van der Waals surface area contributed by atoms with Gasteiger partial charge in [-0.05, 0) is 44.0 Å². The third kappa shape index (κ3) is 12.5. The van der Waals surface area contributed by atoms with Crippen molar-refractivity contribution in [3.63, 3.8) is 0 Å². The smallest absolute Gasteiger partial charge is 0.224 e. The van der Waals surface area contributed by atoms with E-state index in [1.165, 1.54) is 0 Å². The summed E-state index contributed by atoms with van der Waals surface area (Å²) in [6.07, 6.45) is 5.98. The van der Waals surface area contributed by atoms with Crippen LogP contribution in [0.1, 0.15) is 72.1 Å². The lowest BCUT2D eigenvalue weighted by atomic mass is 10.1. The Bertz CT molecular complexity index is 1010. The predicted octanol–water partition coefficient (Wildman–Crippen LogP) is 7.82. The lowest BCUT2D eigenvalue weighted by Gasteiger charge is -2.27. The third-order valence-corrected chi connectivity index (χ3v) is 6.05. The molecule has 0 N–H and O–H groups in total. The van der Waals surface area contributed by atoms with Crippen LogP contribution in [0.3, 0.4) is 0 Å². The number of likely N-dealkylation sites (N-methyl/N-ethyl adjacent to an activating group) is 1. The number of para-hydroxylation sites is 1. The molecular formula is C34H54N4O. The minimum absolute atomic E-state index is 0.0403. The van der Waals surface area contributed by atoms with Gasteiger partial charge < -0.3 is 14.7 Å². The second kappa shape index (κ2) is 20.7. The van der Waals surface area contributed by atoms with Gasteiger partial charge >= 0.3 is 0 Å². The fourth-order valence-corrected chi connectivity index (χ4v) is 3.98. The zero-order valence-electron chi connectivity index (χ0n) is 26.4. The Kier molecular flexibility index (Phi) is 19.0. The molecule has 1 aliphatic heterocycles. The van der Waals surface area contributed by atoms with E-state index in [4.69, 9.17) is 0 Å². The van der Waals surface area contributed by atoms with E-state index < -0.39 is 0 Å². The number of aliphatic imine (C=N–C) groups is 1. The Labute approximate surface area is 239 Å². The molecule has 1 unspecified atom stereocenters. The summed E-state index contributed by atoms with van der Waals surface area (Å²) in [7, 11) is 4.18. The zero-order chi connectivity index (χ0) is 29.8. The van der Waals surface area contributed by atoms with Gasteiger partial charge in [0.1, 0.15) is 5.84 Å². The van der Waals surface area contributed by atoms with Gasteiger partial charge in [-0.25, -0.2) is 0 Å². The van der Waals surface area contributed by atoms with Crippen LogP contribution in [0.15, 0.2) is 78.3 Å². The fourth-order valence-electron chi connectivity index (χ4n) is 3.98. The van der Waals surface area contributed by atoms with Crippen LogP contribution in [0, 0.1) is 5.92 Å². The standard InChI is InChI=1S/C26H34N4O.C4H8.2C2H6/c1-6-20(2)17-28(4)19-24-9-7-8-10-25(24)30(21(3)31)18-22-11-13-23(14-12-22)26-27-15-16-29(26)5;1-3-4-2;2*1-2/h6-14,20H,1,15-19H2,2-5H3;3-4H,1-2H3;2*1-2H3/b;4-3+;;. The number of hydrogen-bond donors (Lipinski definition) is 0. The van der Waals surface area contributed by atoms with Crippen molar-refractivity contribution in [3.8, 4) is 0 Å². The van der Waals surface area contributed by atoms with E-state index in [-0.39, 0.29) is 5.91 Å². The first-order valence-corrected chi connectivity index (χ1v) is 14.4. The molecule has 1 amide bonds. The van der Waals surface area contributed by atoms with Crippen molar-refractivity contribution in [3.05, 3.63) is 90.0 Å². The second-order valence-electron chi connectivity index (χ2n) is 9.13. The fraction of sp³-hybridized carbons (Fsp3) is 0.471. The highest BCUT2D eigenvalue weighted by Crippen LogP contribution is 2.25. The average Bonchev–Trinajstić information content (AvgIpc) is 3.40. The summed E-state index contributed by atoms with van der Waals surface area (Å²) in [6.45, 7) is 23.7. The number of hydrogen-bond acceptors (Lipinski definition) is 4. The molecule has 3 rings (SSSR count). The molecule has 0 aliphatic carbocycles. The van der Waals surface area contributed by atoms with Crippen LogP contribution in [-0.2, 0) is 17.9 Å². The first-order valence-electron chi connectivity index (χ1n) is 14.4. The van der Waals surface area contributed by atoms with Crippen LogP contribution < -0.4 is 4.90 Å². The van der Waals surface area contributed by atoms with Crippen molar-refractivity contribution in [2.75, 3.05) is 38.6 Å². The number of allylic oxidation sites excluding steroid dienone is 2. The summed E-state index contributed by atoms with van der Waals surface area (Å²) in [4.78, 5) is 23.5. The number of anilines is 1. The summed E-state index contributed by atoms with van der Waals surface area (Å²) >= 11 is 0. The molecule has 0 aromatic heterocycles. The lowest BCUT2D eigenvalue weighted by Crippen LogP contribution is -2.30. The third-order valence-electron chi connectivity index (χ3n) is 6.05. The van der Waals surface area contributed by atoms with Gasteiger partial charge in [-0.1, -0.05) is 95.3 Å². The largest absolute Gasteiger partial charge is 0.358 e. The monoisotopic (exact) mass is 534 g/mol. The molecule has 2 aromatic rings. The van der Waals surface area contributed by atoms with Crippen LogP contribution in [0.4, 0.5) is 5.69 Å². The predicted molar refractivity (Wildman–Crippen MR) is 173 cm³/mol. The van der Waals surface area contributed by atoms with E-state index in [1.54, 1.807) is 6.92 Å². The van der Waals surface area contributed by atoms with Gasteiger partial charge in [-0.15, -0.1) is 6.58 Å². The van der Waals surface area contributed by atoms with Gasteiger partial charge in [-0.2, -0.15) is 0 Å². The van der Waals surface area contributed by atoms with E-state index in [1.807, 2.05) is 82.9 Å². The van der Waals surface area contributed by atoms with Gasteiger partial charge in [0.05, 0.1) is 13.1 Å². The van der Waals surface area contributed by atoms with Gasteiger partial charge in [-0.3, -0.25) is 9.79 Å². The zero-order valence-corrected chi connectivity index (χ0v) is 26.4. The molecule has 5 heteroatoms. The van der Waals surface area contributed by atoms with Crippen LogP contribution >= 0.6 is 0 Å². The molecule has 39 heavy (non-hydrogen) atoms. The Morgan fingerprint density at radius 1 is 1.03 bits per heavy atom. The van der Waals surface area contributed by atoms with E-state index in [0.29, 0.717) is 12.5 Å². The number of amidine groups is 1. The Morgan fingerprint density at radius 2 is 1.62 bits per heavy atom. The normalized spacial score (nSPS) is 12.8. The number of benzene rings is 2. The second-order valence-corrected chi connectivity index (χ2v) is 9.13. The molecule has 0 saturated heterocycles. The molecule has 5 nitrogen and oxygen atoms in total. The van der Waals surface area contributed by atoms with E-state index in [2.05, 4.69) is 72.7 Å². The molecule has 1 heterocycles. The lowest BCUT2D eigenvalue weighted by molar-refractivity contribution is -0.116. The van der Waals surface area contributed by atoms with E-state index >= 15 is 0 Å². The van der Waals surface area contributed by atoms with E-state index in [9.17, 15) is 4.79 Å². The van der Waals surface area contributed by atoms with Crippen molar-refractivity contribution >= 4 is 17.4 Å². The Morgan fingerprint density at radius 3 is 2.10 bits per heavy atom. The minimum atomic E-state index is 0.0403. The summed E-state index contributed by atoms with van der Waals surface area (Å²) in [6, 6.07) is 16.6. The number of carbonyl (C=O) groups is 1. The summed E-state index contributed by atoms with van der Waals surface area (Å²) in [5, 5.41) is 0. The molecular weight excluding hydrogens is 480 g/mol. The first kappa shape index (κ1) is 35.8. The molecule has 1 atom stereocenters. The maximum absolute atomic E-state index is 12.6. The van der Waals surface area contributed by atoms with Crippen molar-refractivity contribution in [1.82, 2.24) is 9.80 Å². The molecule has 0 radical (unpaired) electrons. The topological polar surface area (TPSA) is 39.1 Å². The average molecular weight is 535 g/mol. The Hall–Kier alpha value is -3.18. The van der Waals surface area contributed by atoms with Crippen LogP contribution in [-0.4, -0.2) is 55.3 Å². The minimum Gasteiger partial charge on any atom is -0.358 e. The molecule has 0 spiro atoms. The van der Waals surface area contributed by atoms with Gasteiger partial charge in [0.25, 0.3) is 0 Å². The molecule has 0 fully saturated rings. The van der Waals surface area contributed by atoms with Gasteiger partial charge in [0, 0.05) is 44.9 Å². The number of rotatable bonds is 9. The van der Waals surface area contributed by atoms with Gasteiger partial charge in [0.15, 0.2) is 0 Å².